The Morgan fingerprint density at radius 1 is 1.38 bits per heavy atom. The predicted molar refractivity (Wildman–Crippen MR) is 82.6 cm³/mol. The highest BCUT2D eigenvalue weighted by Crippen LogP contribution is 2.29. The Labute approximate surface area is 125 Å². The van der Waals surface area contributed by atoms with Gasteiger partial charge in [0.15, 0.2) is 10.8 Å². The standard InChI is InChI=1S/C14H17N3O3S/c1-2-16-8-9(13(19)20)10(18)11-12(16)15-14(21-11)17-6-4-3-5-7-17/h8H,2-7H2,1H3,(H,19,20). The van der Waals surface area contributed by atoms with Gasteiger partial charge in [-0.3, -0.25) is 4.79 Å². The highest BCUT2D eigenvalue weighted by molar-refractivity contribution is 7.22. The number of carboxylic acids is 1. The van der Waals surface area contributed by atoms with E-state index in [1.54, 1.807) is 4.57 Å². The second-order valence-corrected chi connectivity index (χ2v) is 6.14. The van der Waals surface area contributed by atoms with Gasteiger partial charge in [-0.05, 0) is 26.2 Å². The Balaban J connectivity index is 2.17. The van der Waals surface area contributed by atoms with Crippen molar-refractivity contribution in [3.05, 3.63) is 22.0 Å². The molecule has 0 aromatic carbocycles. The normalized spacial score (nSPS) is 15.6. The molecule has 6 nitrogen and oxygen atoms in total. The van der Waals surface area contributed by atoms with Crippen LogP contribution < -0.4 is 10.3 Å². The van der Waals surface area contributed by atoms with E-state index in [0.29, 0.717) is 16.9 Å². The average Bonchev–Trinajstić information content (AvgIpc) is 2.94. The van der Waals surface area contributed by atoms with Crippen LogP contribution in [0.1, 0.15) is 36.5 Å². The van der Waals surface area contributed by atoms with Gasteiger partial charge in [-0.1, -0.05) is 11.3 Å². The lowest BCUT2D eigenvalue weighted by Crippen LogP contribution is -2.29. The summed E-state index contributed by atoms with van der Waals surface area (Å²) in [6, 6.07) is 0. The number of carbonyl (C=O) groups is 1. The van der Waals surface area contributed by atoms with Crippen molar-refractivity contribution < 1.29 is 9.90 Å². The monoisotopic (exact) mass is 307 g/mol. The molecule has 0 unspecified atom stereocenters. The Morgan fingerprint density at radius 2 is 2.10 bits per heavy atom. The maximum atomic E-state index is 12.3. The van der Waals surface area contributed by atoms with Gasteiger partial charge in [-0.2, -0.15) is 0 Å². The van der Waals surface area contributed by atoms with Crippen molar-refractivity contribution in [2.45, 2.75) is 32.7 Å². The van der Waals surface area contributed by atoms with Crippen molar-refractivity contribution in [1.82, 2.24) is 9.55 Å². The van der Waals surface area contributed by atoms with Crippen LogP contribution in [0.4, 0.5) is 5.13 Å². The zero-order chi connectivity index (χ0) is 15.0. The highest BCUT2D eigenvalue weighted by Gasteiger charge is 2.21. The number of carboxylic acid groups (broad SMARTS) is 1. The number of hydrogen-bond acceptors (Lipinski definition) is 5. The first kappa shape index (κ1) is 14.1. The third kappa shape index (κ3) is 2.42. The fourth-order valence-corrected chi connectivity index (χ4v) is 3.74. The quantitative estimate of drug-likeness (QED) is 0.940. The molecule has 0 aliphatic carbocycles. The number of aromatic carboxylic acids is 1. The molecule has 0 amide bonds. The largest absolute Gasteiger partial charge is 0.477 e. The van der Waals surface area contributed by atoms with Gasteiger partial charge in [0.1, 0.15) is 10.3 Å². The molecule has 1 aliphatic rings. The summed E-state index contributed by atoms with van der Waals surface area (Å²) in [7, 11) is 0. The second kappa shape index (κ2) is 5.48. The molecular formula is C14H17N3O3S. The molecule has 3 rings (SSSR count). The summed E-state index contributed by atoms with van der Waals surface area (Å²) in [5.41, 5.74) is -0.0146. The van der Waals surface area contributed by atoms with Crippen LogP contribution in [0.3, 0.4) is 0 Å². The van der Waals surface area contributed by atoms with Crippen molar-refractivity contribution in [2.24, 2.45) is 0 Å². The second-order valence-electron chi connectivity index (χ2n) is 5.16. The minimum atomic E-state index is -1.18. The molecule has 112 valence electrons. The van der Waals surface area contributed by atoms with Crippen molar-refractivity contribution in [1.29, 1.82) is 0 Å². The van der Waals surface area contributed by atoms with E-state index in [4.69, 9.17) is 5.11 Å². The van der Waals surface area contributed by atoms with Crippen LogP contribution in [0.2, 0.25) is 0 Å². The van der Waals surface area contributed by atoms with Gasteiger partial charge in [-0.15, -0.1) is 0 Å². The van der Waals surface area contributed by atoms with Crippen molar-refractivity contribution >= 4 is 32.8 Å². The Morgan fingerprint density at radius 3 is 2.71 bits per heavy atom. The van der Waals surface area contributed by atoms with Gasteiger partial charge in [0, 0.05) is 25.8 Å². The first-order chi connectivity index (χ1) is 10.1. The van der Waals surface area contributed by atoms with Gasteiger partial charge < -0.3 is 14.6 Å². The third-order valence-corrected chi connectivity index (χ3v) is 4.91. The van der Waals surface area contributed by atoms with Crippen LogP contribution in [-0.2, 0) is 6.54 Å². The molecule has 2 aromatic heterocycles. The molecule has 21 heavy (non-hydrogen) atoms. The lowest BCUT2D eigenvalue weighted by atomic mass is 10.1. The van der Waals surface area contributed by atoms with Crippen LogP contribution >= 0.6 is 11.3 Å². The van der Waals surface area contributed by atoms with Gasteiger partial charge in [0.25, 0.3) is 0 Å². The number of nitrogens with zero attached hydrogens (tertiary/aromatic N) is 3. The zero-order valence-electron chi connectivity index (χ0n) is 11.8. The maximum absolute atomic E-state index is 12.3. The van der Waals surface area contributed by atoms with E-state index in [0.717, 1.165) is 31.1 Å². The zero-order valence-corrected chi connectivity index (χ0v) is 12.7. The highest BCUT2D eigenvalue weighted by atomic mass is 32.1. The predicted octanol–water partition coefficient (Wildman–Crippen LogP) is 2.17. The molecule has 1 saturated heterocycles. The van der Waals surface area contributed by atoms with Gasteiger partial charge in [0.05, 0.1) is 0 Å². The number of aromatic nitrogens is 2. The van der Waals surface area contributed by atoms with Crippen molar-refractivity contribution in [2.75, 3.05) is 18.0 Å². The van der Waals surface area contributed by atoms with E-state index < -0.39 is 11.4 Å². The number of aryl methyl sites for hydroxylation is 1. The lowest BCUT2D eigenvalue weighted by molar-refractivity contribution is 0.0695. The minimum absolute atomic E-state index is 0.182. The van der Waals surface area contributed by atoms with Crippen LogP contribution in [0.25, 0.3) is 10.3 Å². The molecule has 1 N–H and O–H groups in total. The SMILES string of the molecule is CCn1cc(C(=O)O)c(=O)c2sc(N3CCCCC3)nc21. The summed E-state index contributed by atoms with van der Waals surface area (Å²) >= 11 is 1.31. The molecular weight excluding hydrogens is 290 g/mol. The Hall–Kier alpha value is -1.89. The summed E-state index contributed by atoms with van der Waals surface area (Å²) < 4.78 is 2.18. The first-order valence-electron chi connectivity index (χ1n) is 7.14. The Kier molecular flexibility index (Phi) is 3.67. The van der Waals surface area contributed by atoms with Gasteiger partial charge in [0.2, 0.25) is 5.43 Å². The summed E-state index contributed by atoms with van der Waals surface area (Å²) in [4.78, 5) is 30.3. The molecule has 1 aliphatic heterocycles. The number of fused-ring (bicyclic) bond motifs is 1. The summed E-state index contributed by atoms with van der Waals surface area (Å²) in [6.07, 6.45) is 4.89. The molecule has 3 heterocycles. The molecule has 7 heteroatoms. The average molecular weight is 307 g/mol. The number of pyridine rings is 1. The fraction of sp³-hybridized carbons (Fsp3) is 0.500. The number of rotatable bonds is 3. The number of piperidine rings is 1. The van der Waals surface area contributed by atoms with E-state index in [-0.39, 0.29) is 5.56 Å². The number of anilines is 1. The molecule has 0 bridgehead atoms. The van der Waals surface area contributed by atoms with Gasteiger partial charge >= 0.3 is 5.97 Å². The van der Waals surface area contributed by atoms with E-state index in [2.05, 4.69) is 9.88 Å². The third-order valence-electron chi connectivity index (χ3n) is 3.80. The summed E-state index contributed by atoms with van der Waals surface area (Å²) in [6.45, 7) is 4.40. The lowest BCUT2D eigenvalue weighted by Gasteiger charge is -2.25. The van der Waals surface area contributed by atoms with Crippen LogP contribution in [0, 0.1) is 0 Å². The van der Waals surface area contributed by atoms with E-state index in [1.807, 2.05) is 6.92 Å². The van der Waals surface area contributed by atoms with E-state index in [1.165, 1.54) is 24.0 Å². The summed E-state index contributed by atoms with van der Waals surface area (Å²) in [5, 5.41) is 9.99. The van der Waals surface area contributed by atoms with E-state index >= 15 is 0 Å². The van der Waals surface area contributed by atoms with Crippen LogP contribution in [0.15, 0.2) is 11.0 Å². The number of hydrogen-bond donors (Lipinski definition) is 1. The topological polar surface area (TPSA) is 75.4 Å². The van der Waals surface area contributed by atoms with Gasteiger partial charge in [-0.25, -0.2) is 9.78 Å². The number of thiazole rings is 1. The molecule has 0 radical (unpaired) electrons. The minimum Gasteiger partial charge on any atom is -0.477 e. The van der Waals surface area contributed by atoms with Crippen molar-refractivity contribution in [3.63, 3.8) is 0 Å². The van der Waals surface area contributed by atoms with Crippen LogP contribution in [0.5, 0.6) is 0 Å². The van der Waals surface area contributed by atoms with Crippen molar-refractivity contribution in [3.8, 4) is 0 Å². The summed E-state index contributed by atoms with van der Waals surface area (Å²) in [5.74, 6) is -1.18. The molecule has 1 fully saturated rings. The van der Waals surface area contributed by atoms with E-state index in [9.17, 15) is 9.59 Å². The molecule has 0 atom stereocenters. The van der Waals surface area contributed by atoms with Crippen LogP contribution in [-0.4, -0.2) is 33.7 Å². The smallest absolute Gasteiger partial charge is 0.341 e. The maximum Gasteiger partial charge on any atom is 0.341 e. The molecule has 0 spiro atoms. The molecule has 2 aromatic rings. The Bertz CT molecular complexity index is 744. The fourth-order valence-electron chi connectivity index (χ4n) is 2.66. The first-order valence-corrected chi connectivity index (χ1v) is 7.95. The molecule has 0 saturated carbocycles.